The molecule has 7 nitrogen and oxygen atoms in total. The second-order valence-corrected chi connectivity index (χ2v) is 8.83. The third-order valence-electron chi connectivity index (χ3n) is 6.49. The van der Waals surface area contributed by atoms with E-state index in [4.69, 9.17) is 5.26 Å². The van der Waals surface area contributed by atoms with Crippen LogP contribution in [0.4, 0.5) is 8.78 Å². The lowest BCUT2D eigenvalue weighted by molar-refractivity contribution is 0.0938. The molecular formula is C26H24F2N6O. The molecule has 2 aromatic heterocycles. The maximum absolute atomic E-state index is 16.0. The number of nitriles is 1. The van der Waals surface area contributed by atoms with Gasteiger partial charge in [-0.25, -0.2) is 8.78 Å². The van der Waals surface area contributed by atoms with E-state index in [0.717, 1.165) is 36.4 Å². The Labute approximate surface area is 201 Å². The molecule has 5 rings (SSSR count). The van der Waals surface area contributed by atoms with E-state index in [1.807, 2.05) is 25.4 Å². The number of nitrogens with one attached hydrogen (secondary N) is 2. The molecule has 0 saturated carbocycles. The van der Waals surface area contributed by atoms with E-state index >= 15 is 4.39 Å². The highest BCUT2D eigenvalue weighted by Crippen LogP contribution is 2.39. The number of aromatic nitrogens is 3. The van der Waals surface area contributed by atoms with Gasteiger partial charge in [-0.1, -0.05) is 12.1 Å². The average molecular weight is 475 g/mol. The van der Waals surface area contributed by atoms with Gasteiger partial charge in [0.1, 0.15) is 17.6 Å². The lowest BCUT2D eigenvalue weighted by Crippen LogP contribution is -2.38. The van der Waals surface area contributed by atoms with Crippen LogP contribution in [0.1, 0.15) is 28.9 Å². The number of amides is 1. The number of rotatable bonds is 5. The molecule has 1 atom stereocenters. The fraction of sp³-hybridized carbons (Fsp3) is 0.269. The maximum atomic E-state index is 16.0. The van der Waals surface area contributed by atoms with Crippen LogP contribution in [0.3, 0.4) is 0 Å². The molecule has 0 radical (unpaired) electrons. The first-order chi connectivity index (χ1) is 16.9. The van der Waals surface area contributed by atoms with Crippen LogP contribution in [-0.4, -0.2) is 39.4 Å². The van der Waals surface area contributed by atoms with E-state index in [0.29, 0.717) is 17.8 Å². The third kappa shape index (κ3) is 4.06. The zero-order valence-electron chi connectivity index (χ0n) is 19.4. The Morgan fingerprint density at radius 1 is 1.23 bits per heavy atom. The lowest BCUT2D eigenvalue weighted by Gasteiger charge is -2.13. The first-order valence-corrected chi connectivity index (χ1v) is 11.4. The largest absolute Gasteiger partial charge is 0.349 e. The fourth-order valence-electron chi connectivity index (χ4n) is 4.79. The van der Waals surface area contributed by atoms with E-state index in [9.17, 15) is 9.18 Å². The number of fused-ring (bicyclic) bond motifs is 1. The van der Waals surface area contributed by atoms with Gasteiger partial charge < -0.3 is 15.2 Å². The average Bonchev–Trinajstić information content (AvgIpc) is 3.54. The molecular weight excluding hydrogens is 450 g/mol. The first kappa shape index (κ1) is 22.7. The summed E-state index contributed by atoms with van der Waals surface area (Å²) in [6.07, 6.45) is 3.83. The van der Waals surface area contributed by atoms with Gasteiger partial charge in [-0.2, -0.15) is 10.4 Å². The van der Waals surface area contributed by atoms with Crippen LogP contribution in [0.25, 0.3) is 33.3 Å². The highest BCUT2D eigenvalue weighted by Gasteiger charge is 2.29. The summed E-state index contributed by atoms with van der Waals surface area (Å²) in [4.78, 5) is 13.1. The second kappa shape index (κ2) is 8.96. The summed E-state index contributed by atoms with van der Waals surface area (Å²) < 4.78 is 33.7. The van der Waals surface area contributed by atoms with Gasteiger partial charge in [-0.15, -0.1) is 0 Å². The standard InChI is InChI=1S/C26H24F2N6O/c1-33-14-18-10-16(7-8-21(18)32-33)24-22(15-5-6-17(12-29)20(27)11-15)23(28)25(34(24)2)26(35)31-13-19-4-3-9-30-19/h5-8,10-11,14,19,30H,3-4,9,13H2,1-2H3,(H,31,35). The van der Waals surface area contributed by atoms with Crippen LogP contribution in [0, 0.1) is 23.0 Å². The Hall–Kier alpha value is -4.03. The summed E-state index contributed by atoms with van der Waals surface area (Å²) in [6.45, 7) is 1.29. The van der Waals surface area contributed by atoms with E-state index in [1.54, 1.807) is 23.9 Å². The van der Waals surface area contributed by atoms with Gasteiger partial charge in [0.2, 0.25) is 0 Å². The molecule has 2 N–H and O–H groups in total. The number of halogens is 2. The van der Waals surface area contributed by atoms with Crippen molar-refractivity contribution < 1.29 is 13.6 Å². The SMILES string of the molecule is Cn1cc2cc(-c3c(-c4ccc(C#N)c(F)c4)c(F)c(C(=O)NCC4CCCN4)n3C)ccc2n1. The van der Waals surface area contributed by atoms with Crippen molar-refractivity contribution in [1.82, 2.24) is 25.0 Å². The maximum Gasteiger partial charge on any atom is 0.271 e. The minimum absolute atomic E-state index is 0.100. The summed E-state index contributed by atoms with van der Waals surface area (Å²) in [7, 11) is 3.44. The Balaban J connectivity index is 1.65. The van der Waals surface area contributed by atoms with Gasteiger partial charge in [0.05, 0.1) is 16.8 Å². The van der Waals surface area contributed by atoms with Crippen molar-refractivity contribution in [3.8, 4) is 28.5 Å². The summed E-state index contributed by atoms with van der Waals surface area (Å²) in [6, 6.07) is 11.4. The molecule has 2 aromatic carbocycles. The molecule has 1 fully saturated rings. The smallest absolute Gasteiger partial charge is 0.271 e. The van der Waals surface area contributed by atoms with Crippen LogP contribution in [0.15, 0.2) is 42.6 Å². The van der Waals surface area contributed by atoms with Crippen molar-refractivity contribution in [2.24, 2.45) is 14.1 Å². The number of benzene rings is 2. The van der Waals surface area contributed by atoms with Gasteiger partial charge in [0, 0.05) is 43.8 Å². The number of aryl methyl sites for hydroxylation is 1. The summed E-state index contributed by atoms with van der Waals surface area (Å²) in [5.74, 6) is -2.03. The van der Waals surface area contributed by atoms with Crippen molar-refractivity contribution in [2.75, 3.05) is 13.1 Å². The zero-order chi connectivity index (χ0) is 24.7. The van der Waals surface area contributed by atoms with Gasteiger partial charge in [0.25, 0.3) is 5.91 Å². The van der Waals surface area contributed by atoms with E-state index in [-0.39, 0.29) is 28.4 Å². The lowest BCUT2D eigenvalue weighted by atomic mass is 9.98. The molecule has 1 aliphatic heterocycles. The highest BCUT2D eigenvalue weighted by molar-refractivity contribution is 5.99. The first-order valence-electron chi connectivity index (χ1n) is 11.4. The van der Waals surface area contributed by atoms with E-state index in [1.165, 1.54) is 16.7 Å². The zero-order valence-corrected chi connectivity index (χ0v) is 19.4. The van der Waals surface area contributed by atoms with Crippen LogP contribution >= 0.6 is 0 Å². The van der Waals surface area contributed by atoms with Crippen LogP contribution in [0.5, 0.6) is 0 Å². The normalized spacial score (nSPS) is 15.5. The Bertz CT molecular complexity index is 1490. The molecule has 0 bridgehead atoms. The molecule has 4 aromatic rings. The number of carbonyl (C=O) groups is 1. The molecule has 1 amide bonds. The number of hydrogen-bond donors (Lipinski definition) is 2. The Morgan fingerprint density at radius 2 is 2.03 bits per heavy atom. The topological polar surface area (TPSA) is 87.7 Å². The van der Waals surface area contributed by atoms with Crippen molar-refractivity contribution in [1.29, 1.82) is 5.26 Å². The Morgan fingerprint density at radius 3 is 2.74 bits per heavy atom. The number of carbonyl (C=O) groups excluding carboxylic acids is 1. The van der Waals surface area contributed by atoms with Crippen molar-refractivity contribution >= 4 is 16.8 Å². The molecule has 9 heteroatoms. The molecule has 1 saturated heterocycles. The van der Waals surface area contributed by atoms with Crippen LogP contribution in [0.2, 0.25) is 0 Å². The quantitative estimate of drug-likeness (QED) is 0.460. The van der Waals surface area contributed by atoms with Crippen LogP contribution in [-0.2, 0) is 14.1 Å². The van der Waals surface area contributed by atoms with Gasteiger partial charge in [-0.3, -0.25) is 9.48 Å². The monoisotopic (exact) mass is 474 g/mol. The molecule has 1 unspecified atom stereocenters. The minimum Gasteiger partial charge on any atom is -0.349 e. The molecule has 35 heavy (non-hydrogen) atoms. The molecule has 0 spiro atoms. The number of hydrogen-bond acceptors (Lipinski definition) is 4. The van der Waals surface area contributed by atoms with Gasteiger partial charge >= 0.3 is 0 Å². The minimum atomic E-state index is -0.750. The van der Waals surface area contributed by atoms with Gasteiger partial charge in [0.15, 0.2) is 5.82 Å². The summed E-state index contributed by atoms with van der Waals surface area (Å²) in [5.41, 5.74) is 1.94. The highest BCUT2D eigenvalue weighted by atomic mass is 19.1. The Kier molecular flexibility index (Phi) is 5.83. The second-order valence-electron chi connectivity index (χ2n) is 8.83. The molecule has 0 aliphatic carbocycles. The fourth-order valence-corrected chi connectivity index (χ4v) is 4.79. The van der Waals surface area contributed by atoms with Gasteiger partial charge in [-0.05, 0) is 54.8 Å². The van der Waals surface area contributed by atoms with Crippen LogP contribution < -0.4 is 10.6 Å². The number of nitrogens with zero attached hydrogens (tertiary/aromatic N) is 4. The van der Waals surface area contributed by atoms with E-state index in [2.05, 4.69) is 15.7 Å². The predicted molar refractivity (Wildman–Crippen MR) is 129 cm³/mol. The van der Waals surface area contributed by atoms with E-state index < -0.39 is 17.5 Å². The predicted octanol–water partition coefficient (Wildman–Crippen LogP) is 3.88. The van der Waals surface area contributed by atoms with Crippen molar-refractivity contribution in [3.63, 3.8) is 0 Å². The molecule has 178 valence electrons. The third-order valence-corrected chi connectivity index (χ3v) is 6.49. The molecule has 1 aliphatic rings. The van der Waals surface area contributed by atoms with Crippen molar-refractivity contribution in [2.45, 2.75) is 18.9 Å². The summed E-state index contributed by atoms with van der Waals surface area (Å²) >= 11 is 0. The summed E-state index contributed by atoms with van der Waals surface area (Å²) in [5, 5.41) is 20.5. The molecule has 3 heterocycles. The van der Waals surface area contributed by atoms with Crippen molar-refractivity contribution in [3.05, 3.63) is 65.5 Å².